The van der Waals surface area contributed by atoms with Crippen LogP contribution in [0.15, 0.2) is 51.8 Å². The van der Waals surface area contributed by atoms with Gasteiger partial charge in [0, 0.05) is 17.6 Å². The Balaban J connectivity index is 2.46. The molecule has 2 aromatic carbocycles. The van der Waals surface area contributed by atoms with Crippen molar-refractivity contribution in [2.75, 3.05) is 25.6 Å². The number of halogens is 1. The molecular weight excluding hydrogens is 370 g/mol. The van der Waals surface area contributed by atoms with Gasteiger partial charge in [0.1, 0.15) is 11.5 Å². The first-order valence-corrected chi connectivity index (χ1v) is 8.60. The molecule has 0 bridgehead atoms. The summed E-state index contributed by atoms with van der Waals surface area (Å²) in [5, 5.41) is 0. The Bertz CT molecular complexity index is 760. The molecule has 118 valence electrons. The van der Waals surface area contributed by atoms with Crippen LogP contribution in [-0.4, -0.2) is 29.7 Å². The van der Waals surface area contributed by atoms with Gasteiger partial charge in [-0.25, -0.2) is 8.42 Å². The third kappa shape index (κ3) is 3.20. The fourth-order valence-electron chi connectivity index (χ4n) is 1.94. The smallest absolute Gasteiger partial charge is 0.264 e. The average molecular weight is 386 g/mol. The zero-order chi connectivity index (χ0) is 16.3. The van der Waals surface area contributed by atoms with Crippen LogP contribution >= 0.6 is 15.9 Å². The van der Waals surface area contributed by atoms with Gasteiger partial charge < -0.3 is 9.47 Å². The summed E-state index contributed by atoms with van der Waals surface area (Å²) in [4.78, 5) is 0.205. The SMILES string of the molecule is COc1ccc(N(C)S(=O)(=O)c2ccc(Br)cc2)c(OC)c1. The van der Waals surface area contributed by atoms with E-state index in [0.29, 0.717) is 17.2 Å². The number of ether oxygens (including phenoxy) is 2. The van der Waals surface area contributed by atoms with Gasteiger partial charge in [0.15, 0.2) is 0 Å². The minimum atomic E-state index is -3.67. The zero-order valence-electron chi connectivity index (χ0n) is 12.4. The molecule has 2 aromatic rings. The lowest BCUT2D eigenvalue weighted by molar-refractivity contribution is 0.395. The van der Waals surface area contributed by atoms with Crippen molar-refractivity contribution >= 4 is 31.6 Å². The largest absolute Gasteiger partial charge is 0.497 e. The second-order valence-corrected chi connectivity index (χ2v) is 7.35. The van der Waals surface area contributed by atoms with Crippen molar-refractivity contribution in [3.63, 3.8) is 0 Å². The molecule has 0 aliphatic rings. The van der Waals surface area contributed by atoms with Crippen molar-refractivity contribution in [1.82, 2.24) is 0 Å². The standard InChI is InChI=1S/C15H16BrNO4S/c1-17(14-9-6-12(20-2)10-15(14)21-3)22(18,19)13-7-4-11(16)5-8-13/h4-10H,1-3H3. The summed E-state index contributed by atoms with van der Waals surface area (Å²) in [5.41, 5.74) is 0.436. The number of nitrogens with zero attached hydrogens (tertiary/aromatic N) is 1. The topological polar surface area (TPSA) is 55.8 Å². The molecule has 0 N–H and O–H groups in total. The Labute approximate surface area is 138 Å². The number of anilines is 1. The maximum absolute atomic E-state index is 12.7. The number of sulfonamides is 1. The monoisotopic (exact) mass is 385 g/mol. The van der Waals surface area contributed by atoms with Gasteiger partial charge in [-0.2, -0.15) is 0 Å². The minimum Gasteiger partial charge on any atom is -0.497 e. The summed E-state index contributed by atoms with van der Waals surface area (Å²) in [7, 11) is 0.841. The number of hydrogen-bond donors (Lipinski definition) is 0. The number of hydrogen-bond acceptors (Lipinski definition) is 4. The van der Waals surface area contributed by atoms with Crippen molar-refractivity contribution in [2.24, 2.45) is 0 Å². The summed E-state index contributed by atoms with van der Waals surface area (Å²) in [6.45, 7) is 0. The van der Waals surface area contributed by atoms with Gasteiger partial charge in [0.05, 0.1) is 24.8 Å². The van der Waals surface area contributed by atoms with Crippen molar-refractivity contribution in [2.45, 2.75) is 4.90 Å². The fourth-order valence-corrected chi connectivity index (χ4v) is 3.41. The third-order valence-electron chi connectivity index (χ3n) is 3.20. The molecule has 2 rings (SSSR count). The van der Waals surface area contributed by atoms with Crippen LogP contribution in [-0.2, 0) is 10.0 Å². The first-order valence-electron chi connectivity index (χ1n) is 6.36. The van der Waals surface area contributed by atoms with Gasteiger partial charge in [-0.3, -0.25) is 4.31 Å². The molecule has 0 saturated carbocycles. The van der Waals surface area contributed by atoms with E-state index in [1.165, 1.54) is 25.6 Å². The van der Waals surface area contributed by atoms with Gasteiger partial charge >= 0.3 is 0 Å². The molecule has 0 amide bonds. The lowest BCUT2D eigenvalue weighted by atomic mass is 10.3. The number of rotatable bonds is 5. The minimum absolute atomic E-state index is 0.205. The Hall–Kier alpha value is -1.73. The van der Waals surface area contributed by atoms with E-state index in [1.807, 2.05) is 0 Å². The van der Waals surface area contributed by atoms with E-state index in [1.54, 1.807) is 42.5 Å². The van der Waals surface area contributed by atoms with Gasteiger partial charge in [0.25, 0.3) is 10.0 Å². The van der Waals surface area contributed by atoms with E-state index < -0.39 is 10.0 Å². The molecule has 7 heteroatoms. The number of benzene rings is 2. The molecule has 0 atom stereocenters. The average Bonchev–Trinajstić information content (AvgIpc) is 2.53. The summed E-state index contributed by atoms with van der Waals surface area (Å²) < 4.78 is 37.8. The predicted molar refractivity (Wildman–Crippen MR) is 89.3 cm³/mol. The molecule has 0 spiro atoms. The molecule has 0 unspecified atom stereocenters. The second-order valence-electron chi connectivity index (χ2n) is 4.46. The van der Waals surface area contributed by atoms with Crippen molar-refractivity contribution in [1.29, 1.82) is 0 Å². The van der Waals surface area contributed by atoms with Gasteiger partial charge in [-0.15, -0.1) is 0 Å². The zero-order valence-corrected chi connectivity index (χ0v) is 14.8. The summed E-state index contributed by atoms with van der Waals surface area (Å²) in [6.07, 6.45) is 0. The van der Waals surface area contributed by atoms with Crippen LogP contribution in [0.4, 0.5) is 5.69 Å². The molecule has 0 fully saturated rings. The van der Waals surface area contributed by atoms with Crippen LogP contribution in [0.3, 0.4) is 0 Å². The van der Waals surface area contributed by atoms with Gasteiger partial charge in [-0.1, -0.05) is 15.9 Å². The van der Waals surface area contributed by atoms with Crippen LogP contribution < -0.4 is 13.8 Å². The normalized spacial score (nSPS) is 11.1. The van der Waals surface area contributed by atoms with E-state index in [2.05, 4.69) is 15.9 Å². The summed E-state index contributed by atoms with van der Waals surface area (Å²) in [6, 6.07) is 11.4. The lowest BCUT2D eigenvalue weighted by Gasteiger charge is -2.22. The highest BCUT2D eigenvalue weighted by molar-refractivity contribution is 9.10. The van der Waals surface area contributed by atoms with E-state index >= 15 is 0 Å². The third-order valence-corrected chi connectivity index (χ3v) is 5.51. The van der Waals surface area contributed by atoms with Gasteiger partial charge in [0.2, 0.25) is 0 Å². The van der Waals surface area contributed by atoms with Crippen LogP contribution in [0.25, 0.3) is 0 Å². The Morgan fingerprint density at radius 2 is 1.64 bits per heavy atom. The summed E-state index contributed by atoms with van der Waals surface area (Å²) in [5.74, 6) is 1.01. The van der Waals surface area contributed by atoms with Gasteiger partial charge in [-0.05, 0) is 36.4 Å². The fraction of sp³-hybridized carbons (Fsp3) is 0.200. The molecule has 5 nitrogen and oxygen atoms in total. The highest BCUT2D eigenvalue weighted by Gasteiger charge is 2.24. The molecule has 0 radical (unpaired) electrons. The molecule has 0 aromatic heterocycles. The Morgan fingerprint density at radius 1 is 1.00 bits per heavy atom. The van der Waals surface area contributed by atoms with E-state index in [4.69, 9.17) is 9.47 Å². The number of methoxy groups -OCH3 is 2. The predicted octanol–water partition coefficient (Wildman–Crippen LogP) is 3.29. The van der Waals surface area contributed by atoms with Crippen LogP contribution in [0.1, 0.15) is 0 Å². The van der Waals surface area contributed by atoms with E-state index in [0.717, 1.165) is 4.47 Å². The Kier molecular flexibility index (Phi) is 4.97. The van der Waals surface area contributed by atoms with Crippen molar-refractivity contribution in [3.8, 4) is 11.5 Å². The van der Waals surface area contributed by atoms with Crippen LogP contribution in [0, 0.1) is 0 Å². The second kappa shape index (κ2) is 6.58. The van der Waals surface area contributed by atoms with Crippen LogP contribution in [0.5, 0.6) is 11.5 Å². The molecule has 0 heterocycles. The molecule has 0 saturated heterocycles. The quantitative estimate of drug-likeness (QED) is 0.792. The first-order chi connectivity index (χ1) is 10.4. The van der Waals surface area contributed by atoms with Crippen LogP contribution in [0.2, 0.25) is 0 Å². The summed E-state index contributed by atoms with van der Waals surface area (Å²) >= 11 is 3.29. The molecular formula is C15H16BrNO4S. The Morgan fingerprint density at radius 3 is 2.18 bits per heavy atom. The highest BCUT2D eigenvalue weighted by atomic mass is 79.9. The maximum Gasteiger partial charge on any atom is 0.264 e. The van der Waals surface area contributed by atoms with Crippen molar-refractivity contribution < 1.29 is 17.9 Å². The maximum atomic E-state index is 12.7. The lowest BCUT2D eigenvalue weighted by Crippen LogP contribution is -2.26. The molecule has 22 heavy (non-hydrogen) atoms. The van der Waals surface area contributed by atoms with Crippen molar-refractivity contribution in [3.05, 3.63) is 46.9 Å². The first kappa shape index (κ1) is 16.6. The molecule has 0 aliphatic carbocycles. The molecule has 0 aliphatic heterocycles. The van der Waals surface area contributed by atoms with E-state index in [-0.39, 0.29) is 4.90 Å². The highest BCUT2D eigenvalue weighted by Crippen LogP contribution is 2.34. The van der Waals surface area contributed by atoms with E-state index in [9.17, 15) is 8.42 Å².